The number of alkyl halides is 8. The van der Waals surface area contributed by atoms with Gasteiger partial charge in [-0.2, -0.15) is 35.1 Å². The summed E-state index contributed by atoms with van der Waals surface area (Å²) in [4.78, 5) is 25.2. The number of carbonyl (C=O) groups excluding carboxylic acids is 1. The van der Waals surface area contributed by atoms with Gasteiger partial charge in [-0.3, -0.25) is 14.9 Å². The molecule has 0 aliphatic rings. The molecule has 0 saturated carbocycles. The van der Waals surface area contributed by atoms with E-state index in [1.165, 1.54) is 13.0 Å². The van der Waals surface area contributed by atoms with Gasteiger partial charge in [0.2, 0.25) is 0 Å². The SMILES string of the molecule is Cc1ccc([N+](=O)[O-])cc1C(=O)Nc1ncc(C(F)(F)C(F)(F)C(F)(F)C(C)(F)F)cc1F. The number of amides is 1. The lowest BCUT2D eigenvalue weighted by Crippen LogP contribution is -2.60. The third kappa shape index (κ3) is 4.43. The van der Waals surface area contributed by atoms with Gasteiger partial charge in [0.25, 0.3) is 11.6 Å². The molecule has 1 amide bonds. The van der Waals surface area contributed by atoms with Crippen molar-refractivity contribution in [1.82, 2.24) is 4.98 Å². The number of non-ortho nitro benzene ring substituents is 1. The summed E-state index contributed by atoms with van der Waals surface area (Å²) in [6.45, 7) is 0.655. The molecule has 0 aliphatic carbocycles. The third-order valence-electron chi connectivity index (χ3n) is 4.45. The third-order valence-corrected chi connectivity index (χ3v) is 4.45. The number of aryl methyl sites for hydroxylation is 1. The maximum absolute atomic E-state index is 14.2. The van der Waals surface area contributed by atoms with Crippen LogP contribution in [0.2, 0.25) is 0 Å². The number of nitrogens with one attached hydrogen (secondary N) is 1. The number of benzene rings is 1. The number of pyridine rings is 1. The molecule has 0 radical (unpaired) electrons. The summed E-state index contributed by atoms with van der Waals surface area (Å²) in [6.07, 6.45) is -0.212. The van der Waals surface area contributed by atoms with Gasteiger partial charge < -0.3 is 5.32 Å². The zero-order valence-electron chi connectivity index (χ0n) is 16.4. The minimum atomic E-state index is -6.66. The monoisotopic (exact) mass is 489 g/mol. The second kappa shape index (κ2) is 8.19. The van der Waals surface area contributed by atoms with E-state index in [1.807, 2.05) is 0 Å². The molecule has 0 atom stereocenters. The molecule has 2 rings (SSSR count). The van der Waals surface area contributed by atoms with Crippen LogP contribution in [0.15, 0.2) is 30.5 Å². The molecular formula is C18H12F9N3O3. The van der Waals surface area contributed by atoms with Crippen LogP contribution in [0.1, 0.15) is 28.4 Å². The Morgan fingerprint density at radius 2 is 1.61 bits per heavy atom. The molecule has 0 spiro atoms. The Morgan fingerprint density at radius 1 is 1.03 bits per heavy atom. The summed E-state index contributed by atoms with van der Waals surface area (Å²) < 4.78 is 122. The first-order valence-electron chi connectivity index (χ1n) is 8.58. The number of rotatable bonds is 7. The molecule has 0 unspecified atom stereocenters. The number of aromatic nitrogens is 1. The van der Waals surface area contributed by atoms with Gasteiger partial charge in [0.1, 0.15) is 0 Å². The van der Waals surface area contributed by atoms with Crippen molar-refractivity contribution in [2.75, 3.05) is 5.32 Å². The number of nitro groups is 1. The van der Waals surface area contributed by atoms with Gasteiger partial charge in [-0.05, 0) is 18.6 Å². The predicted molar refractivity (Wildman–Crippen MR) is 94.4 cm³/mol. The Hall–Kier alpha value is -3.39. The smallest absolute Gasteiger partial charge is 0.304 e. The van der Waals surface area contributed by atoms with Crippen LogP contribution in [-0.2, 0) is 5.92 Å². The lowest BCUT2D eigenvalue weighted by atomic mass is 9.95. The summed E-state index contributed by atoms with van der Waals surface area (Å²) in [5.74, 6) is -29.0. The van der Waals surface area contributed by atoms with E-state index in [-0.39, 0.29) is 23.4 Å². The summed E-state index contributed by atoms with van der Waals surface area (Å²) in [5.41, 5.74) is -2.87. The average molecular weight is 489 g/mol. The molecular weight excluding hydrogens is 477 g/mol. The summed E-state index contributed by atoms with van der Waals surface area (Å²) >= 11 is 0. The highest BCUT2D eigenvalue weighted by molar-refractivity contribution is 6.05. The van der Waals surface area contributed by atoms with Crippen molar-refractivity contribution in [3.8, 4) is 0 Å². The van der Waals surface area contributed by atoms with Crippen molar-refractivity contribution in [1.29, 1.82) is 0 Å². The molecule has 0 saturated heterocycles. The molecule has 1 N–H and O–H groups in total. The fraction of sp³-hybridized carbons (Fsp3) is 0.333. The van der Waals surface area contributed by atoms with Crippen LogP contribution in [0.3, 0.4) is 0 Å². The van der Waals surface area contributed by atoms with Crippen LogP contribution in [0.5, 0.6) is 0 Å². The van der Waals surface area contributed by atoms with Gasteiger partial charge in [-0.25, -0.2) is 9.37 Å². The van der Waals surface area contributed by atoms with Crippen molar-refractivity contribution in [2.24, 2.45) is 0 Å². The fourth-order valence-corrected chi connectivity index (χ4v) is 2.50. The van der Waals surface area contributed by atoms with Gasteiger partial charge in [0.15, 0.2) is 11.6 Å². The second-order valence-electron chi connectivity index (χ2n) is 6.88. The van der Waals surface area contributed by atoms with E-state index >= 15 is 0 Å². The normalized spacial score (nSPS) is 13.1. The zero-order valence-corrected chi connectivity index (χ0v) is 16.4. The first-order chi connectivity index (χ1) is 14.8. The Balaban J connectivity index is 2.40. The fourth-order valence-electron chi connectivity index (χ4n) is 2.50. The van der Waals surface area contributed by atoms with Gasteiger partial charge in [0.05, 0.1) is 4.92 Å². The van der Waals surface area contributed by atoms with E-state index in [0.717, 1.165) is 12.1 Å². The van der Waals surface area contributed by atoms with E-state index in [1.54, 1.807) is 5.32 Å². The van der Waals surface area contributed by atoms with Crippen LogP contribution < -0.4 is 5.32 Å². The summed E-state index contributed by atoms with van der Waals surface area (Å²) in [6, 6.07) is 2.64. The van der Waals surface area contributed by atoms with Gasteiger partial charge >= 0.3 is 23.7 Å². The van der Waals surface area contributed by atoms with Gasteiger partial charge in [0, 0.05) is 36.4 Å². The van der Waals surface area contributed by atoms with E-state index < -0.39 is 64.3 Å². The van der Waals surface area contributed by atoms with E-state index in [2.05, 4.69) is 4.98 Å². The standard InChI is InChI=1S/C18H12F9N3O3/c1-8-3-4-10(30(32)33)6-11(8)14(31)29-13-12(19)5-9(7-28-13)16(22,23)18(26,27)17(24,25)15(2,20)21/h3-7H,1-2H3,(H,28,29,31). The second-order valence-corrected chi connectivity index (χ2v) is 6.88. The number of nitrogens with zero attached hydrogens (tertiary/aromatic N) is 2. The Morgan fingerprint density at radius 3 is 2.09 bits per heavy atom. The number of carbonyl (C=O) groups is 1. The lowest BCUT2D eigenvalue weighted by molar-refractivity contribution is -0.384. The Kier molecular flexibility index (Phi) is 6.42. The minimum absolute atomic E-state index is 0.170. The van der Waals surface area contributed by atoms with Crippen LogP contribution in [-0.4, -0.2) is 33.6 Å². The quantitative estimate of drug-likeness (QED) is 0.307. The molecule has 15 heteroatoms. The Bertz CT molecular complexity index is 1100. The molecule has 0 bridgehead atoms. The molecule has 1 aromatic heterocycles. The van der Waals surface area contributed by atoms with Crippen molar-refractivity contribution >= 4 is 17.4 Å². The van der Waals surface area contributed by atoms with Crippen molar-refractivity contribution in [2.45, 2.75) is 37.5 Å². The predicted octanol–water partition coefficient (Wildman–Crippen LogP) is 5.71. The molecule has 2 aromatic rings. The zero-order chi connectivity index (χ0) is 25.6. The van der Waals surface area contributed by atoms with E-state index in [0.29, 0.717) is 0 Å². The number of hydrogen-bond donors (Lipinski definition) is 1. The van der Waals surface area contributed by atoms with Crippen LogP contribution >= 0.6 is 0 Å². The van der Waals surface area contributed by atoms with Gasteiger partial charge in [-0.15, -0.1) is 0 Å². The first-order valence-corrected chi connectivity index (χ1v) is 8.58. The van der Waals surface area contributed by atoms with Crippen molar-refractivity contribution in [3.63, 3.8) is 0 Å². The first kappa shape index (κ1) is 25.9. The number of anilines is 1. The number of hydrogen-bond acceptors (Lipinski definition) is 4. The van der Waals surface area contributed by atoms with Crippen LogP contribution in [0, 0.1) is 22.9 Å². The Labute approximate surface area is 178 Å². The maximum Gasteiger partial charge on any atom is 0.382 e. The van der Waals surface area contributed by atoms with Crippen LogP contribution in [0.4, 0.5) is 51.0 Å². The highest BCUT2D eigenvalue weighted by atomic mass is 19.4. The summed E-state index contributed by atoms with van der Waals surface area (Å²) in [7, 11) is 0. The largest absolute Gasteiger partial charge is 0.382 e. The minimum Gasteiger partial charge on any atom is -0.304 e. The van der Waals surface area contributed by atoms with E-state index in [4.69, 9.17) is 0 Å². The maximum atomic E-state index is 14.2. The van der Waals surface area contributed by atoms with E-state index in [9.17, 15) is 54.4 Å². The molecule has 6 nitrogen and oxygen atoms in total. The number of nitro benzene ring substituents is 1. The molecule has 1 heterocycles. The molecule has 0 fully saturated rings. The molecule has 180 valence electrons. The highest BCUT2D eigenvalue weighted by Gasteiger charge is 2.79. The van der Waals surface area contributed by atoms with Crippen molar-refractivity contribution < 1.29 is 49.2 Å². The highest BCUT2D eigenvalue weighted by Crippen LogP contribution is 2.56. The lowest BCUT2D eigenvalue weighted by Gasteiger charge is -2.35. The van der Waals surface area contributed by atoms with Gasteiger partial charge in [-0.1, -0.05) is 6.07 Å². The molecule has 0 aliphatic heterocycles. The number of halogens is 9. The molecule has 33 heavy (non-hydrogen) atoms. The van der Waals surface area contributed by atoms with Crippen molar-refractivity contribution in [3.05, 3.63) is 63.1 Å². The molecule has 1 aromatic carbocycles. The van der Waals surface area contributed by atoms with Crippen LogP contribution in [0.25, 0.3) is 0 Å². The average Bonchev–Trinajstić information content (AvgIpc) is 2.68. The summed E-state index contributed by atoms with van der Waals surface area (Å²) in [5, 5.41) is 12.6. The topological polar surface area (TPSA) is 85.1 Å².